The fourth-order valence-corrected chi connectivity index (χ4v) is 18.3. The normalized spacial score (nSPS) is 29.6. The molecule has 0 aromatic rings. The summed E-state index contributed by atoms with van der Waals surface area (Å²) in [6.07, 6.45) is 5.84. The molecule has 0 bridgehead atoms. The first kappa shape index (κ1) is 12.2. The van der Waals surface area contributed by atoms with E-state index in [0.717, 1.165) is 10.8 Å². The van der Waals surface area contributed by atoms with Crippen LogP contribution in [0.5, 0.6) is 0 Å². The second kappa shape index (κ2) is 3.88. The van der Waals surface area contributed by atoms with Crippen LogP contribution in [0, 0.1) is 10.8 Å². The second-order valence-corrected chi connectivity index (χ2v) is 13.5. The van der Waals surface area contributed by atoms with Crippen molar-refractivity contribution >= 4 is 0 Å². The molecule has 0 atom stereocenters. The Hall–Kier alpha value is 0.714. The molecule has 2 aliphatic rings. The molecule has 1 heteroatoms. The van der Waals surface area contributed by atoms with Gasteiger partial charge in [-0.2, -0.15) is 0 Å². The van der Waals surface area contributed by atoms with Crippen molar-refractivity contribution in [3.63, 3.8) is 0 Å². The average molecular weight is 244 g/mol. The van der Waals surface area contributed by atoms with Gasteiger partial charge in [-0.25, -0.2) is 0 Å². The zero-order valence-electron chi connectivity index (χ0n) is 11.2. The van der Waals surface area contributed by atoms with Crippen molar-refractivity contribution < 1.29 is 16.6 Å². The van der Waals surface area contributed by atoms with E-state index in [1.165, 1.54) is 25.7 Å². The van der Waals surface area contributed by atoms with E-state index in [4.69, 9.17) is 0 Å². The SMILES string of the molecule is CCC1(CC)[CH2][Ti]2([CH2]1)[CH2]C(CC)(CC)[CH2]2. The third kappa shape index (κ3) is 1.76. The zero-order chi connectivity index (χ0) is 11.2. The van der Waals surface area contributed by atoms with Gasteiger partial charge in [-0.3, -0.25) is 0 Å². The summed E-state index contributed by atoms with van der Waals surface area (Å²) in [5.74, 6) is 0. The maximum atomic E-state index is 2.42. The summed E-state index contributed by atoms with van der Waals surface area (Å²) in [7, 11) is 0. The molecule has 0 saturated carbocycles. The molecular weight excluding hydrogens is 216 g/mol. The van der Waals surface area contributed by atoms with Gasteiger partial charge in [0.15, 0.2) is 0 Å². The first-order chi connectivity index (χ1) is 7.07. The predicted octanol–water partition coefficient (Wildman–Crippen LogP) is 5.45. The summed E-state index contributed by atoms with van der Waals surface area (Å²) < 4.78 is 6.95. The quantitative estimate of drug-likeness (QED) is 0.576. The first-order valence-corrected chi connectivity index (χ1v) is 11.5. The fraction of sp³-hybridized carbons (Fsp3) is 1.00. The zero-order valence-corrected chi connectivity index (χ0v) is 12.7. The molecule has 0 aromatic heterocycles. The number of hydrogen-bond acceptors (Lipinski definition) is 0. The van der Waals surface area contributed by atoms with Gasteiger partial charge in [-0.05, 0) is 0 Å². The van der Waals surface area contributed by atoms with Crippen LogP contribution in [0.25, 0.3) is 0 Å². The van der Waals surface area contributed by atoms with E-state index in [2.05, 4.69) is 27.7 Å². The van der Waals surface area contributed by atoms with Gasteiger partial charge in [-0.15, -0.1) is 0 Å². The van der Waals surface area contributed by atoms with Crippen LogP contribution in [-0.2, 0) is 16.6 Å². The topological polar surface area (TPSA) is 0 Å². The monoisotopic (exact) mass is 244 g/mol. The molecule has 2 aliphatic heterocycles. The van der Waals surface area contributed by atoms with Crippen LogP contribution >= 0.6 is 0 Å². The van der Waals surface area contributed by atoms with Gasteiger partial charge in [0, 0.05) is 0 Å². The Morgan fingerprint density at radius 2 is 0.933 bits per heavy atom. The Bertz CT molecular complexity index is 190. The van der Waals surface area contributed by atoms with E-state index in [1.807, 2.05) is 0 Å². The van der Waals surface area contributed by atoms with Crippen molar-refractivity contribution in [2.45, 2.75) is 72.3 Å². The predicted molar refractivity (Wildman–Crippen MR) is 65.3 cm³/mol. The summed E-state index contributed by atoms with van der Waals surface area (Å²) in [5.41, 5.74) is 1.68. The summed E-state index contributed by atoms with van der Waals surface area (Å²) in [4.78, 5) is 0. The number of rotatable bonds is 4. The Balaban J connectivity index is 1.91. The maximum absolute atomic E-state index is 2.42. The van der Waals surface area contributed by atoms with Crippen molar-refractivity contribution in [3.8, 4) is 0 Å². The summed E-state index contributed by atoms with van der Waals surface area (Å²) in [6.45, 7) is 9.68. The van der Waals surface area contributed by atoms with E-state index in [0.29, 0.717) is 0 Å². The minimum atomic E-state index is -1.16. The fourth-order valence-electron chi connectivity index (χ4n) is 4.83. The van der Waals surface area contributed by atoms with Crippen molar-refractivity contribution in [2.75, 3.05) is 0 Å². The average Bonchev–Trinajstić information content (AvgIpc) is 2.17. The van der Waals surface area contributed by atoms with Crippen LogP contribution in [-0.4, -0.2) is 0 Å². The molecule has 0 aromatic carbocycles. The molecule has 0 radical (unpaired) electrons. The molecule has 15 heavy (non-hydrogen) atoms. The Kier molecular flexibility index (Phi) is 3.15. The van der Waals surface area contributed by atoms with Crippen LogP contribution in [0.1, 0.15) is 53.4 Å². The van der Waals surface area contributed by atoms with Crippen LogP contribution in [0.2, 0.25) is 18.9 Å². The second-order valence-electron chi connectivity index (χ2n) is 6.62. The van der Waals surface area contributed by atoms with Gasteiger partial charge in [0.05, 0.1) is 0 Å². The summed E-state index contributed by atoms with van der Waals surface area (Å²) in [6, 6.07) is 0. The Labute approximate surface area is 99.6 Å². The molecule has 1 spiro atoms. The molecule has 2 fully saturated rings. The molecule has 0 N–H and O–H groups in total. The van der Waals surface area contributed by atoms with Crippen molar-refractivity contribution in [3.05, 3.63) is 0 Å². The van der Waals surface area contributed by atoms with E-state index in [1.54, 1.807) is 18.9 Å². The van der Waals surface area contributed by atoms with Gasteiger partial charge >= 0.3 is 99.7 Å². The van der Waals surface area contributed by atoms with E-state index < -0.39 is 16.6 Å². The van der Waals surface area contributed by atoms with Gasteiger partial charge in [0.2, 0.25) is 0 Å². The summed E-state index contributed by atoms with van der Waals surface area (Å²) >= 11 is -1.16. The van der Waals surface area contributed by atoms with Crippen LogP contribution < -0.4 is 0 Å². The molecular formula is C14H28Ti. The van der Waals surface area contributed by atoms with Gasteiger partial charge in [0.25, 0.3) is 0 Å². The van der Waals surface area contributed by atoms with E-state index in [-0.39, 0.29) is 0 Å². The Morgan fingerprint density at radius 3 is 1.13 bits per heavy atom. The molecule has 0 nitrogen and oxygen atoms in total. The van der Waals surface area contributed by atoms with Crippen molar-refractivity contribution in [1.82, 2.24) is 0 Å². The van der Waals surface area contributed by atoms with Gasteiger partial charge in [-0.1, -0.05) is 0 Å². The van der Waals surface area contributed by atoms with Crippen LogP contribution in [0.15, 0.2) is 0 Å². The molecule has 88 valence electrons. The molecule has 0 amide bonds. The van der Waals surface area contributed by atoms with E-state index >= 15 is 0 Å². The Morgan fingerprint density at radius 1 is 0.667 bits per heavy atom. The third-order valence-electron chi connectivity index (χ3n) is 6.00. The first-order valence-electron chi connectivity index (χ1n) is 7.07. The molecule has 2 rings (SSSR count). The standard InChI is InChI=1S/2C7H14.Ti/c2*1-5-7(3,4)6-2;/h2*3-6H2,1-2H3;. The van der Waals surface area contributed by atoms with Crippen LogP contribution in [0.3, 0.4) is 0 Å². The van der Waals surface area contributed by atoms with Gasteiger partial charge in [0.1, 0.15) is 0 Å². The summed E-state index contributed by atoms with van der Waals surface area (Å²) in [5, 5.41) is 0. The minimum absolute atomic E-state index is 0.841. The van der Waals surface area contributed by atoms with Crippen molar-refractivity contribution in [2.24, 2.45) is 10.8 Å². The molecule has 2 saturated heterocycles. The number of hydrogen-bond donors (Lipinski definition) is 0. The molecule has 0 aliphatic carbocycles. The molecule has 2 heterocycles. The van der Waals surface area contributed by atoms with E-state index in [9.17, 15) is 0 Å². The third-order valence-corrected chi connectivity index (χ3v) is 15.4. The van der Waals surface area contributed by atoms with Crippen LogP contribution in [0.4, 0.5) is 0 Å². The molecule has 0 unspecified atom stereocenters. The van der Waals surface area contributed by atoms with Crippen molar-refractivity contribution in [1.29, 1.82) is 0 Å². The van der Waals surface area contributed by atoms with Gasteiger partial charge < -0.3 is 0 Å².